The van der Waals surface area contributed by atoms with Gasteiger partial charge < -0.3 is 19.1 Å². The Morgan fingerprint density at radius 1 is 1.14 bits per heavy atom. The van der Waals surface area contributed by atoms with Crippen LogP contribution in [0, 0.1) is 0 Å². The van der Waals surface area contributed by atoms with E-state index in [1.165, 1.54) is 7.11 Å². The van der Waals surface area contributed by atoms with E-state index in [1.807, 2.05) is 0 Å². The largest absolute Gasteiger partial charge is 0.497 e. The summed E-state index contributed by atoms with van der Waals surface area (Å²) < 4.78 is 16.7. The third kappa shape index (κ3) is 3.40. The van der Waals surface area contributed by atoms with Crippen molar-refractivity contribution in [3.63, 3.8) is 0 Å². The van der Waals surface area contributed by atoms with Gasteiger partial charge in [-0.25, -0.2) is 0 Å². The molecule has 1 unspecified atom stereocenters. The van der Waals surface area contributed by atoms with Crippen LogP contribution in [0.4, 0.5) is 0 Å². The molecule has 1 amide bonds. The van der Waals surface area contributed by atoms with Crippen LogP contribution in [0.1, 0.15) is 33.6 Å². The summed E-state index contributed by atoms with van der Waals surface area (Å²) in [4.78, 5) is 27.6. The summed E-state index contributed by atoms with van der Waals surface area (Å²) in [7, 11) is 2.99. The van der Waals surface area contributed by atoms with Crippen molar-refractivity contribution in [3.8, 4) is 17.2 Å². The lowest BCUT2D eigenvalue weighted by molar-refractivity contribution is 0.0427. The maximum atomic E-state index is 13.2. The molecular formula is C21H19Cl2NO5. The SMILES string of the molecule is COc1ccc2c(c1)C(=O)CC1(CCN(C(=O)c3c(Cl)ccc(Cl)c3OC)C1)O2. The van der Waals surface area contributed by atoms with Gasteiger partial charge in [0.1, 0.15) is 22.7 Å². The number of hydrogen-bond donors (Lipinski definition) is 0. The molecule has 2 aliphatic heterocycles. The van der Waals surface area contributed by atoms with Gasteiger partial charge in [0.05, 0.1) is 42.8 Å². The molecule has 0 radical (unpaired) electrons. The Morgan fingerprint density at radius 2 is 1.90 bits per heavy atom. The summed E-state index contributed by atoms with van der Waals surface area (Å²) in [5.74, 6) is 1.01. The number of amides is 1. The van der Waals surface area contributed by atoms with Gasteiger partial charge in [0.15, 0.2) is 11.5 Å². The van der Waals surface area contributed by atoms with Crippen molar-refractivity contribution in [2.24, 2.45) is 0 Å². The second-order valence-electron chi connectivity index (χ2n) is 7.16. The number of carbonyl (C=O) groups excluding carboxylic acids is 2. The number of ketones is 1. The first-order valence-electron chi connectivity index (χ1n) is 9.09. The highest BCUT2D eigenvalue weighted by atomic mass is 35.5. The zero-order chi connectivity index (χ0) is 20.8. The van der Waals surface area contributed by atoms with Crippen molar-refractivity contribution in [1.82, 2.24) is 4.90 Å². The molecule has 2 aromatic rings. The zero-order valence-electron chi connectivity index (χ0n) is 16.0. The number of methoxy groups -OCH3 is 2. The van der Waals surface area contributed by atoms with Gasteiger partial charge in [-0.2, -0.15) is 0 Å². The van der Waals surface area contributed by atoms with Crippen LogP contribution in [0.3, 0.4) is 0 Å². The summed E-state index contributed by atoms with van der Waals surface area (Å²) in [6.07, 6.45) is 0.730. The lowest BCUT2D eigenvalue weighted by Crippen LogP contribution is -2.45. The number of halogens is 2. The average Bonchev–Trinajstić information content (AvgIpc) is 3.11. The van der Waals surface area contributed by atoms with E-state index in [-0.39, 0.29) is 41.0 Å². The minimum absolute atomic E-state index is 0.0298. The number of benzene rings is 2. The van der Waals surface area contributed by atoms with Crippen molar-refractivity contribution in [2.45, 2.75) is 18.4 Å². The van der Waals surface area contributed by atoms with Gasteiger partial charge in [0, 0.05) is 13.0 Å². The van der Waals surface area contributed by atoms with E-state index in [0.29, 0.717) is 35.1 Å². The molecule has 8 heteroatoms. The summed E-state index contributed by atoms with van der Waals surface area (Å²) in [6, 6.07) is 8.31. The molecule has 29 heavy (non-hydrogen) atoms. The highest BCUT2D eigenvalue weighted by molar-refractivity contribution is 6.37. The van der Waals surface area contributed by atoms with Gasteiger partial charge in [-0.3, -0.25) is 9.59 Å². The van der Waals surface area contributed by atoms with Crippen molar-refractivity contribution >= 4 is 34.9 Å². The number of hydrogen-bond acceptors (Lipinski definition) is 5. The van der Waals surface area contributed by atoms with Crippen LogP contribution < -0.4 is 14.2 Å². The molecule has 2 heterocycles. The number of Topliss-reactive ketones (excluding diaryl/α,β-unsaturated/α-hetero) is 1. The van der Waals surface area contributed by atoms with E-state index in [2.05, 4.69) is 0 Å². The van der Waals surface area contributed by atoms with Gasteiger partial charge in [-0.05, 0) is 30.3 Å². The zero-order valence-corrected chi connectivity index (χ0v) is 17.5. The maximum Gasteiger partial charge on any atom is 0.259 e. The molecule has 2 aromatic carbocycles. The maximum absolute atomic E-state index is 13.2. The van der Waals surface area contributed by atoms with Gasteiger partial charge in [0.25, 0.3) is 5.91 Å². The van der Waals surface area contributed by atoms with E-state index in [1.54, 1.807) is 42.3 Å². The molecular weight excluding hydrogens is 417 g/mol. The molecule has 0 aliphatic carbocycles. The number of likely N-dealkylation sites (tertiary alicyclic amines) is 1. The van der Waals surface area contributed by atoms with Crippen molar-refractivity contribution < 1.29 is 23.8 Å². The second kappa shape index (κ2) is 7.43. The van der Waals surface area contributed by atoms with Gasteiger partial charge in [-0.1, -0.05) is 23.2 Å². The predicted octanol–water partition coefficient (Wildman–Crippen LogP) is 4.26. The van der Waals surface area contributed by atoms with E-state index in [0.717, 1.165) is 0 Å². The number of carbonyl (C=O) groups is 2. The normalized spacial score (nSPS) is 20.4. The molecule has 6 nitrogen and oxygen atoms in total. The van der Waals surface area contributed by atoms with Crippen LogP contribution in [-0.4, -0.2) is 49.5 Å². The molecule has 152 valence electrons. The van der Waals surface area contributed by atoms with Crippen molar-refractivity contribution in [2.75, 3.05) is 27.3 Å². The summed E-state index contributed by atoms with van der Waals surface area (Å²) in [5.41, 5.74) is -0.0441. The minimum atomic E-state index is -0.757. The standard InChI is InChI=1S/C21H19Cl2NO5/c1-27-12-3-6-17-13(9-12)16(25)10-21(29-17)7-8-24(11-21)20(26)18-14(22)4-5-15(23)19(18)28-2/h3-6,9H,7-8,10-11H2,1-2H3. The fourth-order valence-electron chi connectivity index (χ4n) is 3.94. The quantitative estimate of drug-likeness (QED) is 0.720. The number of fused-ring (bicyclic) bond motifs is 1. The van der Waals surface area contributed by atoms with Crippen LogP contribution in [0.15, 0.2) is 30.3 Å². The first-order valence-corrected chi connectivity index (χ1v) is 9.84. The molecule has 1 spiro atoms. The molecule has 1 atom stereocenters. The fraction of sp³-hybridized carbons (Fsp3) is 0.333. The number of ether oxygens (including phenoxy) is 3. The Balaban J connectivity index is 1.60. The second-order valence-corrected chi connectivity index (χ2v) is 7.98. The monoisotopic (exact) mass is 435 g/mol. The van der Waals surface area contributed by atoms with Crippen molar-refractivity contribution in [1.29, 1.82) is 0 Å². The lowest BCUT2D eigenvalue weighted by Gasteiger charge is -2.34. The number of nitrogens with zero attached hydrogens (tertiary/aromatic N) is 1. The Bertz CT molecular complexity index is 1010. The summed E-state index contributed by atoms with van der Waals surface area (Å²) >= 11 is 12.4. The fourth-order valence-corrected chi connectivity index (χ4v) is 4.40. The van der Waals surface area contributed by atoms with Crippen LogP contribution >= 0.6 is 23.2 Å². The third-order valence-corrected chi connectivity index (χ3v) is 5.99. The minimum Gasteiger partial charge on any atom is -0.497 e. The molecule has 1 saturated heterocycles. The van der Waals surface area contributed by atoms with Crippen molar-refractivity contribution in [3.05, 3.63) is 51.5 Å². The Hall–Kier alpha value is -2.44. The lowest BCUT2D eigenvalue weighted by atomic mass is 9.89. The molecule has 0 aromatic heterocycles. The van der Waals surface area contributed by atoms with Gasteiger partial charge >= 0.3 is 0 Å². The summed E-state index contributed by atoms with van der Waals surface area (Å²) in [5, 5.41) is 0.566. The molecule has 4 rings (SSSR count). The van der Waals surface area contributed by atoms with Crippen LogP contribution in [0.2, 0.25) is 10.0 Å². The van der Waals surface area contributed by atoms with Gasteiger partial charge in [0.2, 0.25) is 0 Å². The smallest absolute Gasteiger partial charge is 0.259 e. The van der Waals surface area contributed by atoms with E-state index < -0.39 is 5.60 Å². The predicted molar refractivity (Wildman–Crippen MR) is 109 cm³/mol. The Labute approximate surface area is 178 Å². The number of rotatable bonds is 3. The molecule has 1 fully saturated rings. The molecule has 0 bridgehead atoms. The molecule has 0 N–H and O–H groups in total. The van der Waals surface area contributed by atoms with Crippen LogP contribution in [0.25, 0.3) is 0 Å². The highest BCUT2D eigenvalue weighted by Gasteiger charge is 2.47. The average molecular weight is 436 g/mol. The highest BCUT2D eigenvalue weighted by Crippen LogP contribution is 2.41. The first-order chi connectivity index (χ1) is 13.9. The molecule has 2 aliphatic rings. The third-order valence-electron chi connectivity index (χ3n) is 5.38. The first kappa shape index (κ1) is 19.9. The Morgan fingerprint density at radius 3 is 2.62 bits per heavy atom. The topological polar surface area (TPSA) is 65.1 Å². The van der Waals surface area contributed by atoms with Crippen LogP contribution in [-0.2, 0) is 0 Å². The van der Waals surface area contributed by atoms with E-state index >= 15 is 0 Å². The Kier molecular flexibility index (Phi) is 5.09. The summed E-state index contributed by atoms with van der Waals surface area (Å²) in [6.45, 7) is 0.707. The van der Waals surface area contributed by atoms with Crippen LogP contribution in [0.5, 0.6) is 17.2 Å². The molecule has 0 saturated carbocycles. The van der Waals surface area contributed by atoms with Gasteiger partial charge in [-0.15, -0.1) is 0 Å². The van der Waals surface area contributed by atoms with E-state index in [9.17, 15) is 9.59 Å². The van der Waals surface area contributed by atoms with E-state index in [4.69, 9.17) is 37.4 Å².